The van der Waals surface area contributed by atoms with Crippen molar-refractivity contribution >= 4 is 16.2 Å². The summed E-state index contributed by atoms with van der Waals surface area (Å²) in [5.74, 6) is -1.08. The van der Waals surface area contributed by atoms with E-state index in [2.05, 4.69) is 0 Å². The van der Waals surface area contributed by atoms with Gasteiger partial charge < -0.3 is 5.11 Å². The average Bonchev–Trinajstić information content (AvgIpc) is 2.98. The molecule has 0 aliphatic heterocycles. The summed E-state index contributed by atoms with van der Waals surface area (Å²) in [6, 6.07) is -0.140. The summed E-state index contributed by atoms with van der Waals surface area (Å²) in [4.78, 5) is 11.1. The standard InChI is InChI=1S/C14H26N2O4S/c1-15(12-7-3-2-4-8-12)21(19,20)16(11-14(17)18)13-9-5-6-10-13/h12-13H,2-11H2,1H3,(H,17,18). The minimum absolute atomic E-state index is 0.0152. The van der Waals surface area contributed by atoms with E-state index in [4.69, 9.17) is 5.11 Å². The highest BCUT2D eigenvalue weighted by Crippen LogP contribution is 2.29. The van der Waals surface area contributed by atoms with Crippen LogP contribution in [0.15, 0.2) is 0 Å². The van der Waals surface area contributed by atoms with Gasteiger partial charge in [0.25, 0.3) is 10.2 Å². The van der Waals surface area contributed by atoms with Crippen LogP contribution in [0.5, 0.6) is 0 Å². The summed E-state index contributed by atoms with van der Waals surface area (Å²) in [5, 5.41) is 9.08. The molecule has 21 heavy (non-hydrogen) atoms. The Bertz CT molecular complexity index is 454. The van der Waals surface area contributed by atoms with Gasteiger partial charge in [-0.2, -0.15) is 17.0 Å². The van der Waals surface area contributed by atoms with Crippen molar-refractivity contribution in [1.82, 2.24) is 8.61 Å². The Morgan fingerprint density at radius 3 is 2.00 bits per heavy atom. The van der Waals surface area contributed by atoms with Crippen LogP contribution in [-0.2, 0) is 15.0 Å². The summed E-state index contributed by atoms with van der Waals surface area (Å²) in [6.45, 7) is -0.427. The molecule has 2 saturated carbocycles. The van der Waals surface area contributed by atoms with Gasteiger partial charge in [0.15, 0.2) is 0 Å². The number of carbonyl (C=O) groups is 1. The molecule has 0 bridgehead atoms. The van der Waals surface area contributed by atoms with Gasteiger partial charge in [-0.25, -0.2) is 0 Å². The van der Waals surface area contributed by atoms with E-state index in [9.17, 15) is 13.2 Å². The maximum Gasteiger partial charge on any atom is 0.318 e. The monoisotopic (exact) mass is 318 g/mol. The van der Waals surface area contributed by atoms with Gasteiger partial charge in [0.05, 0.1) is 0 Å². The van der Waals surface area contributed by atoms with Crippen molar-refractivity contribution in [2.24, 2.45) is 0 Å². The highest BCUT2D eigenvalue weighted by Gasteiger charge is 2.38. The first kappa shape index (κ1) is 16.7. The lowest BCUT2D eigenvalue weighted by Gasteiger charge is -2.36. The molecular weight excluding hydrogens is 292 g/mol. The minimum Gasteiger partial charge on any atom is -0.480 e. The summed E-state index contributed by atoms with van der Waals surface area (Å²) >= 11 is 0. The maximum absolute atomic E-state index is 12.8. The van der Waals surface area contributed by atoms with Gasteiger partial charge in [0.1, 0.15) is 6.54 Å². The fraction of sp³-hybridized carbons (Fsp3) is 0.929. The van der Waals surface area contributed by atoms with E-state index in [0.29, 0.717) is 0 Å². The summed E-state index contributed by atoms with van der Waals surface area (Å²) in [7, 11) is -2.09. The van der Waals surface area contributed by atoms with Crippen molar-refractivity contribution in [3.63, 3.8) is 0 Å². The molecule has 0 unspecified atom stereocenters. The number of rotatable bonds is 6. The third-order valence-corrected chi connectivity index (χ3v) is 6.82. The highest BCUT2D eigenvalue weighted by molar-refractivity contribution is 7.86. The predicted octanol–water partition coefficient (Wildman–Crippen LogP) is 1.82. The van der Waals surface area contributed by atoms with Gasteiger partial charge in [-0.3, -0.25) is 4.79 Å². The van der Waals surface area contributed by atoms with Crippen molar-refractivity contribution in [3.05, 3.63) is 0 Å². The number of nitrogens with zero attached hydrogens (tertiary/aromatic N) is 2. The third-order valence-electron chi connectivity index (χ3n) is 4.77. The fourth-order valence-corrected chi connectivity index (χ4v) is 5.30. The maximum atomic E-state index is 12.8. The molecule has 0 radical (unpaired) electrons. The number of carboxylic acids is 1. The molecule has 1 N–H and O–H groups in total. The first-order valence-electron chi connectivity index (χ1n) is 7.89. The highest BCUT2D eigenvalue weighted by atomic mass is 32.2. The average molecular weight is 318 g/mol. The second-order valence-electron chi connectivity index (χ2n) is 6.19. The van der Waals surface area contributed by atoms with Gasteiger partial charge in [0, 0.05) is 19.1 Å². The molecule has 0 aromatic carbocycles. The van der Waals surface area contributed by atoms with Crippen LogP contribution in [-0.4, -0.2) is 53.8 Å². The number of hydrogen-bond acceptors (Lipinski definition) is 3. The van der Waals surface area contributed by atoms with Gasteiger partial charge in [-0.1, -0.05) is 32.1 Å². The lowest BCUT2D eigenvalue weighted by molar-refractivity contribution is -0.137. The first-order chi connectivity index (χ1) is 9.93. The molecule has 0 heterocycles. The Kier molecular flexibility index (Phi) is 5.62. The second-order valence-corrected chi connectivity index (χ2v) is 8.13. The van der Waals surface area contributed by atoms with Crippen molar-refractivity contribution in [2.75, 3.05) is 13.6 Å². The Hall–Kier alpha value is -0.660. The molecule has 0 aromatic heterocycles. The Morgan fingerprint density at radius 2 is 1.48 bits per heavy atom. The summed E-state index contributed by atoms with van der Waals surface area (Å²) < 4.78 is 28.3. The van der Waals surface area contributed by atoms with Crippen LogP contribution in [0.2, 0.25) is 0 Å². The van der Waals surface area contributed by atoms with Crippen LogP contribution in [0, 0.1) is 0 Å². The Morgan fingerprint density at radius 1 is 1.00 bits per heavy atom. The molecule has 7 heteroatoms. The lowest BCUT2D eigenvalue weighted by Crippen LogP contribution is -2.51. The van der Waals surface area contributed by atoms with Gasteiger partial charge in [0.2, 0.25) is 0 Å². The smallest absolute Gasteiger partial charge is 0.318 e. The second kappa shape index (κ2) is 7.07. The topological polar surface area (TPSA) is 77.9 Å². The van der Waals surface area contributed by atoms with E-state index in [-0.39, 0.29) is 12.1 Å². The molecule has 2 fully saturated rings. The minimum atomic E-state index is -3.69. The van der Waals surface area contributed by atoms with Crippen LogP contribution < -0.4 is 0 Å². The summed E-state index contributed by atoms with van der Waals surface area (Å²) in [5.41, 5.74) is 0. The van der Waals surface area contributed by atoms with E-state index in [1.165, 1.54) is 8.61 Å². The number of hydrogen-bond donors (Lipinski definition) is 1. The normalized spacial score (nSPS) is 22.2. The van der Waals surface area contributed by atoms with Gasteiger partial charge >= 0.3 is 5.97 Å². The molecule has 0 aromatic rings. The fourth-order valence-electron chi connectivity index (χ4n) is 3.52. The van der Waals surface area contributed by atoms with Crippen molar-refractivity contribution < 1.29 is 18.3 Å². The van der Waals surface area contributed by atoms with E-state index in [1.54, 1.807) is 7.05 Å². The molecule has 122 valence electrons. The van der Waals surface area contributed by atoms with Gasteiger partial charge in [-0.15, -0.1) is 0 Å². The van der Waals surface area contributed by atoms with E-state index in [1.807, 2.05) is 0 Å². The van der Waals surface area contributed by atoms with Crippen molar-refractivity contribution in [1.29, 1.82) is 0 Å². The van der Waals surface area contributed by atoms with Crippen LogP contribution in [0.25, 0.3) is 0 Å². The van der Waals surface area contributed by atoms with Crippen molar-refractivity contribution in [3.8, 4) is 0 Å². The summed E-state index contributed by atoms with van der Waals surface area (Å²) in [6.07, 6.45) is 8.50. The van der Waals surface area contributed by atoms with E-state index in [0.717, 1.165) is 57.8 Å². The number of carboxylic acid groups (broad SMARTS) is 1. The van der Waals surface area contributed by atoms with Crippen LogP contribution >= 0.6 is 0 Å². The molecule has 2 aliphatic rings. The van der Waals surface area contributed by atoms with Gasteiger partial charge in [-0.05, 0) is 25.7 Å². The molecule has 0 atom stereocenters. The molecule has 2 rings (SSSR count). The lowest BCUT2D eigenvalue weighted by atomic mass is 9.96. The molecule has 6 nitrogen and oxygen atoms in total. The molecule has 0 spiro atoms. The Labute approximate surface area is 127 Å². The van der Waals surface area contributed by atoms with Crippen molar-refractivity contribution in [2.45, 2.75) is 69.9 Å². The predicted molar refractivity (Wildman–Crippen MR) is 80.2 cm³/mol. The first-order valence-corrected chi connectivity index (χ1v) is 9.29. The van der Waals surface area contributed by atoms with Crippen LogP contribution in [0.4, 0.5) is 0 Å². The quantitative estimate of drug-likeness (QED) is 0.810. The van der Waals surface area contributed by atoms with E-state index < -0.39 is 22.7 Å². The SMILES string of the molecule is CN(C1CCCCC1)S(=O)(=O)N(CC(=O)O)C1CCCC1. The third kappa shape index (κ3) is 3.96. The van der Waals surface area contributed by atoms with Crippen LogP contribution in [0.3, 0.4) is 0 Å². The zero-order valence-corrected chi connectivity index (χ0v) is 13.5. The number of aliphatic carboxylic acids is 1. The molecule has 2 aliphatic carbocycles. The molecule has 0 amide bonds. The zero-order chi connectivity index (χ0) is 15.5. The van der Waals surface area contributed by atoms with Crippen LogP contribution in [0.1, 0.15) is 57.8 Å². The molecular formula is C14H26N2O4S. The Balaban J connectivity index is 2.16. The largest absolute Gasteiger partial charge is 0.480 e. The molecule has 0 saturated heterocycles. The zero-order valence-electron chi connectivity index (χ0n) is 12.7. The van der Waals surface area contributed by atoms with E-state index >= 15 is 0 Å².